The third-order valence-corrected chi connectivity index (χ3v) is 2.98. The third kappa shape index (κ3) is 4.74. The van der Waals surface area contributed by atoms with Crippen molar-refractivity contribution >= 4 is 11.6 Å². The Bertz CT molecular complexity index is 536. The van der Waals surface area contributed by atoms with Crippen molar-refractivity contribution < 1.29 is 14.2 Å². The van der Waals surface area contributed by atoms with Gasteiger partial charge in [-0.1, -0.05) is 11.6 Å². The van der Waals surface area contributed by atoms with Gasteiger partial charge in [0.15, 0.2) is 6.29 Å². The first kappa shape index (κ1) is 15.8. The van der Waals surface area contributed by atoms with E-state index in [-0.39, 0.29) is 6.29 Å². The summed E-state index contributed by atoms with van der Waals surface area (Å²) in [6.45, 7) is 5.29. The number of benzene rings is 1. The summed E-state index contributed by atoms with van der Waals surface area (Å²) in [5.74, 6) is 0.523. The third-order valence-electron chi connectivity index (χ3n) is 2.73. The molecule has 0 amide bonds. The zero-order valence-electron chi connectivity index (χ0n) is 12.2. The molecule has 0 spiro atoms. The fourth-order valence-corrected chi connectivity index (χ4v) is 1.92. The molecule has 1 aromatic carbocycles. The van der Waals surface area contributed by atoms with Gasteiger partial charge in [-0.25, -0.2) is 4.68 Å². The van der Waals surface area contributed by atoms with E-state index in [2.05, 4.69) is 5.10 Å². The summed E-state index contributed by atoms with van der Waals surface area (Å²) in [6, 6.07) is 9.22. The van der Waals surface area contributed by atoms with Gasteiger partial charge in [-0.05, 0) is 38.1 Å². The summed E-state index contributed by atoms with van der Waals surface area (Å²) in [6.07, 6.45) is 1.45. The predicted molar refractivity (Wildman–Crippen MR) is 81.1 cm³/mol. The minimum absolute atomic E-state index is 0.305. The van der Waals surface area contributed by atoms with Crippen molar-refractivity contribution in [3.8, 4) is 11.6 Å². The van der Waals surface area contributed by atoms with E-state index >= 15 is 0 Å². The lowest BCUT2D eigenvalue weighted by Crippen LogP contribution is -2.25. The van der Waals surface area contributed by atoms with Gasteiger partial charge in [0.05, 0.1) is 5.69 Å². The Kier molecular flexibility index (Phi) is 6.04. The molecule has 0 saturated heterocycles. The van der Waals surface area contributed by atoms with Crippen molar-refractivity contribution in [2.75, 3.05) is 19.8 Å². The lowest BCUT2D eigenvalue weighted by molar-refractivity contribution is -0.152. The van der Waals surface area contributed by atoms with E-state index in [0.29, 0.717) is 30.7 Å². The van der Waals surface area contributed by atoms with Crippen LogP contribution in [0.3, 0.4) is 0 Å². The van der Waals surface area contributed by atoms with Crippen LogP contribution in [0.25, 0.3) is 5.69 Å². The van der Waals surface area contributed by atoms with Crippen molar-refractivity contribution in [3.63, 3.8) is 0 Å². The standard InChI is InChI=1S/C15H19ClN2O3/c1-3-19-15(20-4-2)11-21-14-9-10-18(17-14)13-7-5-12(16)6-8-13/h5-10,15H,3-4,11H2,1-2H3. The summed E-state index contributed by atoms with van der Waals surface area (Å²) in [4.78, 5) is 0. The SMILES string of the molecule is CCOC(COc1ccn(-c2ccc(Cl)cc2)n1)OCC. The summed E-state index contributed by atoms with van der Waals surface area (Å²) >= 11 is 5.87. The van der Waals surface area contributed by atoms with Crippen molar-refractivity contribution in [2.45, 2.75) is 20.1 Å². The molecule has 0 aliphatic heterocycles. The topological polar surface area (TPSA) is 45.5 Å². The van der Waals surface area contributed by atoms with Crippen molar-refractivity contribution in [1.82, 2.24) is 9.78 Å². The molecule has 1 heterocycles. The van der Waals surface area contributed by atoms with Crippen LogP contribution >= 0.6 is 11.6 Å². The van der Waals surface area contributed by atoms with Crippen LogP contribution in [0.4, 0.5) is 0 Å². The highest BCUT2D eigenvalue weighted by Gasteiger charge is 2.10. The first-order chi connectivity index (χ1) is 10.2. The number of nitrogens with zero attached hydrogens (tertiary/aromatic N) is 2. The molecule has 2 rings (SSSR count). The van der Waals surface area contributed by atoms with Crippen molar-refractivity contribution in [1.29, 1.82) is 0 Å². The fraction of sp³-hybridized carbons (Fsp3) is 0.400. The first-order valence-corrected chi connectivity index (χ1v) is 7.28. The van der Waals surface area contributed by atoms with E-state index in [9.17, 15) is 0 Å². The molecule has 6 heteroatoms. The van der Waals surface area contributed by atoms with E-state index in [1.807, 2.05) is 44.3 Å². The van der Waals surface area contributed by atoms with Crippen LogP contribution in [0.15, 0.2) is 36.5 Å². The second-order valence-electron chi connectivity index (χ2n) is 4.23. The maximum atomic E-state index is 5.87. The minimum Gasteiger partial charge on any atom is -0.471 e. The lowest BCUT2D eigenvalue weighted by atomic mass is 10.3. The molecule has 0 aliphatic carbocycles. The summed E-state index contributed by atoms with van der Waals surface area (Å²) in [5, 5.41) is 5.04. The molecule has 2 aromatic rings. The molecule has 0 unspecified atom stereocenters. The van der Waals surface area contributed by atoms with Gasteiger partial charge in [0.1, 0.15) is 6.61 Å². The van der Waals surface area contributed by atoms with Gasteiger partial charge in [0.25, 0.3) is 0 Å². The van der Waals surface area contributed by atoms with Gasteiger partial charge in [0, 0.05) is 30.5 Å². The molecular weight excluding hydrogens is 292 g/mol. The second kappa shape index (κ2) is 8.02. The fourth-order valence-electron chi connectivity index (χ4n) is 1.79. The molecule has 0 fully saturated rings. The van der Waals surface area contributed by atoms with E-state index < -0.39 is 0 Å². The Morgan fingerprint density at radius 2 is 1.76 bits per heavy atom. The summed E-state index contributed by atoms with van der Waals surface area (Å²) in [5.41, 5.74) is 0.917. The van der Waals surface area contributed by atoms with E-state index in [4.69, 9.17) is 25.8 Å². The number of ether oxygens (including phenoxy) is 3. The Hall–Kier alpha value is -1.56. The zero-order valence-corrected chi connectivity index (χ0v) is 12.9. The van der Waals surface area contributed by atoms with Crippen LogP contribution in [-0.4, -0.2) is 35.9 Å². The number of aromatic nitrogens is 2. The summed E-state index contributed by atoms with van der Waals surface area (Å²) < 4.78 is 18.1. The van der Waals surface area contributed by atoms with Crippen LogP contribution < -0.4 is 4.74 Å². The largest absolute Gasteiger partial charge is 0.471 e. The van der Waals surface area contributed by atoms with Crippen LogP contribution in [-0.2, 0) is 9.47 Å². The van der Waals surface area contributed by atoms with Crippen LogP contribution in [0, 0.1) is 0 Å². The highest BCUT2D eigenvalue weighted by Crippen LogP contribution is 2.15. The lowest BCUT2D eigenvalue weighted by Gasteiger charge is -2.16. The molecule has 21 heavy (non-hydrogen) atoms. The van der Waals surface area contributed by atoms with Gasteiger partial charge in [-0.2, -0.15) is 0 Å². The number of halogens is 1. The molecular formula is C15H19ClN2O3. The Labute approximate surface area is 129 Å². The van der Waals surface area contributed by atoms with Crippen molar-refractivity contribution in [2.24, 2.45) is 0 Å². The van der Waals surface area contributed by atoms with Crippen LogP contribution in [0.1, 0.15) is 13.8 Å². The highest BCUT2D eigenvalue weighted by molar-refractivity contribution is 6.30. The molecule has 1 aromatic heterocycles. The molecule has 0 atom stereocenters. The zero-order chi connectivity index (χ0) is 15.1. The van der Waals surface area contributed by atoms with Gasteiger partial charge in [0.2, 0.25) is 5.88 Å². The molecule has 0 radical (unpaired) electrons. The molecule has 0 N–H and O–H groups in total. The minimum atomic E-state index is -0.374. The number of hydrogen-bond acceptors (Lipinski definition) is 4. The molecule has 0 aliphatic rings. The highest BCUT2D eigenvalue weighted by atomic mass is 35.5. The van der Waals surface area contributed by atoms with Crippen LogP contribution in [0.2, 0.25) is 5.02 Å². The van der Waals surface area contributed by atoms with Gasteiger partial charge in [-0.3, -0.25) is 0 Å². The average molecular weight is 311 g/mol. The Balaban J connectivity index is 1.95. The number of rotatable bonds is 8. The number of hydrogen-bond donors (Lipinski definition) is 0. The monoisotopic (exact) mass is 310 g/mol. The van der Waals surface area contributed by atoms with Gasteiger partial charge in [-0.15, -0.1) is 5.10 Å². The van der Waals surface area contributed by atoms with E-state index in [1.54, 1.807) is 10.7 Å². The molecule has 0 bridgehead atoms. The smallest absolute Gasteiger partial charge is 0.233 e. The van der Waals surface area contributed by atoms with E-state index in [1.165, 1.54) is 0 Å². The Morgan fingerprint density at radius 1 is 1.10 bits per heavy atom. The Morgan fingerprint density at radius 3 is 2.38 bits per heavy atom. The maximum Gasteiger partial charge on any atom is 0.233 e. The maximum absolute atomic E-state index is 5.87. The normalized spacial score (nSPS) is 11.0. The summed E-state index contributed by atoms with van der Waals surface area (Å²) in [7, 11) is 0. The molecule has 114 valence electrons. The van der Waals surface area contributed by atoms with Crippen molar-refractivity contribution in [3.05, 3.63) is 41.6 Å². The van der Waals surface area contributed by atoms with Gasteiger partial charge < -0.3 is 14.2 Å². The molecule has 0 saturated carbocycles. The average Bonchev–Trinajstić information content (AvgIpc) is 2.95. The molecule has 5 nitrogen and oxygen atoms in total. The second-order valence-corrected chi connectivity index (χ2v) is 4.66. The quantitative estimate of drug-likeness (QED) is 0.702. The van der Waals surface area contributed by atoms with Gasteiger partial charge >= 0.3 is 0 Å². The first-order valence-electron chi connectivity index (χ1n) is 6.90. The van der Waals surface area contributed by atoms with E-state index in [0.717, 1.165) is 5.69 Å². The predicted octanol–water partition coefficient (Wildman–Crippen LogP) is 3.30. The van der Waals surface area contributed by atoms with Crippen LogP contribution in [0.5, 0.6) is 5.88 Å².